The fourth-order valence-electron chi connectivity index (χ4n) is 7.60. The number of fused-ring (bicyclic) bond motifs is 3. The Morgan fingerprint density at radius 3 is 2.48 bits per heavy atom. The molecule has 0 radical (unpaired) electrons. The quantitative estimate of drug-likeness (QED) is 0.313. The van der Waals surface area contributed by atoms with E-state index in [1.165, 1.54) is 35.5 Å². The normalized spacial score (nSPS) is 28.9. The van der Waals surface area contributed by atoms with Gasteiger partial charge in [-0.05, 0) is 86.1 Å². The van der Waals surface area contributed by atoms with Crippen LogP contribution in [0.2, 0.25) is 0 Å². The number of anilines is 1. The number of hydrogen-bond donors (Lipinski definition) is 2. The molecule has 2 aromatic carbocycles. The zero-order valence-corrected chi connectivity index (χ0v) is 25.2. The van der Waals surface area contributed by atoms with Gasteiger partial charge >= 0.3 is 0 Å². The molecule has 2 bridgehead atoms. The second-order valence-corrected chi connectivity index (χ2v) is 13.4. The first-order valence-electron chi connectivity index (χ1n) is 15.3. The Hall–Kier alpha value is -3.33. The van der Waals surface area contributed by atoms with Crippen LogP contribution >= 0.6 is 0 Å². The molecule has 0 amide bonds. The predicted octanol–water partition coefficient (Wildman–Crippen LogP) is 5.44. The van der Waals surface area contributed by atoms with Crippen molar-refractivity contribution in [2.24, 2.45) is 28.2 Å². The first-order valence-corrected chi connectivity index (χ1v) is 15.3. The number of aromatic nitrogens is 2. The van der Waals surface area contributed by atoms with Gasteiger partial charge in [-0.2, -0.15) is 0 Å². The molecule has 1 unspecified atom stereocenters. The van der Waals surface area contributed by atoms with Gasteiger partial charge in [0, 0.05) is 31.7 Å². The van der Waals surface area contributed by atoms with Crippen LogP contribution in [0.3, 0.4) is 0 Å². The molecule has 7 rings (SSSR count). The fraction of sp³-hybridized carbons (Fsp3) is 0.545. The standard InChI is InChI=1S/C33H42F2N6O/c1-19-16-41(17-20(2)37-19)32(38-28-13-23-12-26(21(28)3)33(23,4)5)39-30-15-29-25(14-27(30)35)31(42)40(18-36-29)11-10-22-6-8-24(34)9-7-22/h6-9,14-15,18-21,23,26,28,37H,10-13,16-17H2,1-5H3,(H,38,39)/t19-,20+,21-,23-,26+,28?/m0/s1. The van der Waals surface area contributed by atoms with Crippen LogP contribution in [0.25, 0.3) is 10.9 Å². The lowest BCUT2D eigenvalue weighted by Gasteiger charge is -2.61. The van der Waals surface area contributed by atoms with Crippen molar-refractivity contribution in [2.75, 3.05) is 18.4 Å². The molecule has 2 heterocycles. The number of piperazine rings is 1. The van der Waals surface area contributed by atoms with E-state index in [1.807, 2.05) is 0 Å². The summed E-state index contributed by atoms with van der Waals surface area (Å²) in [6, 6.07) is 9.82. The van der Waals surface area contributed by atoms with E-state index in [9.17, 15) is 9.18 Å². The lowest BCUT2D eigenvalue weighted by molar-refractivity contribution is -0.108. The maximum Gasteiger partial charge on any atom is 0.261 e. The van der Waals surface area contributed by atoms with Crippen molar-refractivity contribution in [3.8, 4) is 0 Å². The number of aryl methyl sites for hydroxylation is 2. The third-order valence-corrected chi connectivity index (χ3v) is 10.2. The average molecular weight is 577 g/mol. The number of aliphatic imine (C=N–C) groups is 1. The number of benzene rings is 2. The summed E-state index contributed by atoms with van der Waals surface area (Å²) in [5.74, 6) is 1.65. The predicted molar refractivity (Wildman–Crippen MR) is 164 cm³/mol. The molecular weight excluding hydrogens is 534 g/mol. The molecule has 4 aliphatic rings. The van der Waals surface area contributed by atoms with Gasteiger partial charge in [0.15, 0.2) is 5.96 Å². The van der Waals surface area contributed by atoms with Gasteiger partial charge < -0.3 is 15.5 Å². The Morgan fingerprint density at radius 1 is 1.10 bits per heavy atom. The van der Waals surface area contributed by atoms with Gasteiger partial charge in [0.2, 0.25) is 0 Å². The Balaban J connectivity index is 1.28. The molecule has 4 fully saturated rings. The molecule has 7 nitrogen and oxygen atoms in total. The van der Waals surface area contributed by atoms with Crippen molar-refractivity contribution < 1.29 is 8.78 Å². The number of nitrogens with zero attached hydrogens (tertiary/aromatic N) is 4. The van der Waals surface area contributed by atoms with Gasteiger partial charge in [0.05, 0.1) is 29.0 Å². The molecule has 6 atom stereocenters. The largest absolute Gasteiger partial charge is 0.340 e. The molecule has 1 aliphatic heterocycles. The molecule has 3 aliphatic carbocycles. The van der Waals surface area contributed by atoms with Crippen molar-refractivity contribution in [3.05, 3.63) is 70.3 Å². The summed E-state index contributed by atoms with van der Waals surface area (Å²) in [4.78, 5) is 25.3. The van der Waals surface area contributed by atoms with Crippen LogP contribution < -0.4 is 16.2 Å². The highest BCUT2D eigenvalue weighted by Gasteiger charge is 2.56. The highest BCUT2D eigenvalue weighted by atomic mass is 19.1. The van der Waals surface area contributed by atoms with Crippen LogP contribution in [-0.2, 0) is 13.0 Å². The monoisotopic (exact) mass is 576 g/mol. The number of nitrogens with one attached hydrogen (secondary N) is 2. The summed E-state index contributed by atoms with van der Waals surface area (Å²) in [5, 5.41) is 7.15. The minimum absolute atomic E-state index is 0.180. The van der Waals surface area contributed by atoms with E-state index in [1.54, 1.807) is 18.2 Å². The second-order valence-electron chi connectivity index (χ2n) is 13.4. The number of hydrogen-bond acceptors (Lipinski definition) is 4. The lowest BCUT2D eigenvalue weighted by atomic mass is 9.45. The number of guanidine groups is 1. The average Bonchev–Trinajstić information content (AvgIpc) is 2.94. The molecule has 1 aromatic heterocycles. The third kappa shape index (κ3) is 5.43. The van der Waals surface area contributed by atoms with Crippen LogP contribution in [0.5, 0.6) is 0 Å². The second kappa shape index (κ2) is 11.1. The Kier molecular flexibility index (Phi) is 7.58. The van der Waals surface area contributed by atoms with Crippen LogP contribution in [0.4, 0.5) is 14.5 Å². The van der Waals surface area contributed by atoms with Crippen LogP contribution in [0.1, 0.15) is 53.0 Å². The molecule has 42 heavy (non-hydrogen) atoms. The van der Waals surface area contributed by atoms with Gasteiger partial charge in [-0.25, -0.2) is 18.8 Å². The molecule has 224 valence electrons. The Morgan fingerprint density at radius 2 is 1.81 bits per heavy atom. The van der Waals surface area contributed by atoms with Gasteiger partial charge in [-0.1, -0.05) is 32.9 Å². The van der Waals surface area contributed by atoms with Crippen molar-refractivity contribution in [1.29, 1.82) is 0 Å². The molecule has 3 aromatic rings. The summed E-state index contributed by atoms with van der Waals surface area (Å²) in [6.45, 7) is 13.3. The molecule has 2 N–H and O–H groups in total. The summed E-state index contributed by atoms with van der Waals surface area (Å²) in [7, 11) is 0. The maximum absolute atomic E-state index is 15.7. The summed E-state index contributed by atoms with van der Waals surface area (Å²) < 4.78 is 30.4. The third-order valence-electron chi connectivity index (χ3n) is 10.2. The minimum atomic E-state index is -0.512. The number of halogens is 2. The van der Waals surface area contributed by atoms with E-state index in [-0.39, 0.29) is 40.6 Å². The molecule has 3 saturated carbocycles. The lowest BCUT2D eigenvalue weighted by Crippen LogP contribution is -2.59. The molecular formula is C33H42F2N6O. The topological polar surface area (TPSA) is 74.5 Å². The first-order chi connectivity index (χ1) is 20.0. The van der Waals surface area contributed by atoms with Crippen LogP contribution in [-0.4, -0.2) is 51.6 Å². The van der Waals surface area contributed by atoms with Gasteiger partial charge in [-0.3, -0.25) is 9.36 Å². The SMILES string of the molecule is C[C@@H]1CN(C(=NC2C[C@@H]3C[C@H]([C@@H]2C)C3(C)C)Nc2cc3ncn(CCc4ccc(F)cc4)c(=O)c3cc2F)C[C@H](C)N1. The smallest absolute Gasteiger partial charge is 0.261 e. The van der Waals surface area contributed by atoms with E-state index in [0.717, 1.165) is 25.1 Å². The minimum Gasteiger partial charge on any atom is -0.340 e. The van der Waals surface area contributed by atoms with Crippen LogP contribution in [0.15, 0.2) is 52.5 Å². The zero-order valence-electron chi connectivity index (χ0n) is 25.2. The zero-order chi connectivity index (χ0) is 29.8. The van der Waals surface area contributed by atoms with Gasteiger partial charge in [-0.15, -0.1) is 0 Å². The van der Waals surface area contributed by atoms with E-state index < -0.39 is 5.82 Å². The van der Waals surface area contributed by atoms with Gasteiger partial charge in [0.25, 0.3) is 5.56 Å². The highest BCUT2D eigenvalue weighted by molar-refractivity contribution is 5.96. The molecule has 9 heteroatoms. The summed E-state index contributed by atoms with van der Waals surface area (Å²) in [5.41, 5.74) is 1.66. The van der Waals surface area contributed by atoms with E-state index in [4.69, 9.17) is 4.99 Å². The fourth-order valence-corrected chi connectivity index (χ4v) is 7.60. The Bertz CT molecular complexity index is 1540. The van der Waals surface area contributed by atoms with E-state index >= 15 is 4.39 Å². The highest BCUT2D eigenvalue weighted by Crippen LogP contribution is 2.61. The van der Waals surface area contributed by atoms with Gasteiger partial charge in [0.1, 0.15) is 11.6 Å². The Labute approximate surface area is 246 Å². The maximum atomic E-state index is 15.7. The van der Waals surface area contributed by atoms with Crippen molar-refractivity contribution in [2.45, 2.75) is 78.6 Å². The van der Waals surface area contributed by atoms with Crippen LogP contribution in [0, 0.1) is 34.8 Å². The van der Waals surface area contributed by atoms with E-state index in [2.05, 4.69) is 55.1 Å². The van der Waals surface area contributed by atoms with Crippen molar-refractivity contribution >= 4 is 22.5 Å². The number of rotatable bonds is 5. The van der Waals surface area contributed by atoms with Crippen molar-refractivity contribution in [1.82, 2.24) is 19.8 Å². The molecule has 1 saturated heterocycles. The summed E-state index contributed by atoms with van der Waals surface area (Å²) in [6.07, 6.45) is 4.36. The first kappa shape index (κ1) is 28.8. The van der Waals surface area contributed by atoms with Crippen molar-refractivity contribution in [3.63, 3.8) is 0 Å². The summed E-state index contributed by atoms with van der Waals surface area (Å²) >= 11 is 0. The molecule has 0 spiro atoms. The van der Waals surface area contributed by atoms with E-state index in [0.29, 0.717) is 47.6 Å².